The molecule has 1 unspecified atom stereocenters. The fraction of sp³-hybridized carbons (Fsp3) is 0.176. The Kier molecular flexibility index (Phi) is 8.89. The monoisotopic (exact) mass is 532 g/mol. The minimum absolute atomic E-state index is 0.171. The Bertz CT molecular complexity index is 1500. The molecule has 4 aromatic carbocycles. The molecule has 6 nitrogen and oxygen atoms in total. The maximum atomic E-state index is 12.4. The number of nitrogens with zero attached hydrogens (tertiary/aromatic N) is 1. The van der Waals surface area contributed by atoms with Crippen LogP contribution in [0.15, 0.2) is 120 Å². The summed E-state index contributed by atoms with van der Waals surface area (Å²) in [5.74, 6) is 1.33. The summed E-state index contributed by atoms with van der Waals surface area (Å²) in [6.45, 7) is 2.94. The van der Waals surface area contributed by atoms with Gasteiger partial charge >= 0.3 is 0 Å². The predicted octanol–water partition coefficient (Wildman–Crippen LogP) is 7.11. The first-order valence-electron chi connectivity index (χ1n) is 13.4. The third-order valence-electron chi connectivity index (χ3n) is 6.68. The van der Waals surface area contributed by atoms with Gasteiger partial charge in [-0.2, -0.15) is 0 Å². The summed E-state index contributed by atoms with van der Waals surface area (Å²) in [5, 5.41) is 6.69. The molecular formula is C34H32N2O4. The van der Waals surface area contributed by atoms with Crippen LogP contribution in [0.25, 0.3) is 0 Å². The van der Waals surface area contributed by atoms with Gasteiger partial charge in [0.25, 0.3) is 5.91 Å². The molecule has 5 rings (SSSR count). The molecule has 0 aliphatic rings. The van der Waals surface area contributed by atoms with Crippen molar-refractivity contribution < 1.29 is 18.8 Å². The predicted molar refractivity (Wildman–Crippen MR) is 154 cm³/mol. The number of hydrogen-bond donors (Lipinski definition) is 1. The molecule has 1 heterocycles. The van der Waals surface area contributed by atoms with Crippen molar-refractivity contribution in [2.24, 2.45) is 0 Å². The van der Waals surface area contributed by atoms with Crippen LogP contribution in [0.3, 0.4) is 0 Å². The highest BCUT2D eigenvalue weighted by atomic mass is 16.5. The number of amides is 1. The number of benzene rings is 4. The Hall–Kier alpha value is -4.84. The lowest BCUT2D eigenvalue weighted by atomic mass is 9.99. The summed E-state index contributed by atoms with van der Waals surface area (Å²) < 4.78 is 17.2. The molecule has 0 radical (unpaired) electrons. The minimum Gasteiger partial charge on any atom is -0.489 e. The molecule has 0 fully saturated rings. The van der Waals surface area contributed by atoms with Crippen LogP contribution in [0, 0.1) is 0 Å². The second-order valence-corrected chi connectivity index (χ2v) is 9.64. The SMILES string of the molecule is CC(NC(=O)c1ccon1)c1cccc(CCc2ccc(OCc3ccccc3)cc2OCc2ccccc2)c1. The van der Waals surface area contributed by atoms with Crippen LogP contribution in [-0.2, 0) is 26.1 Å². The molecule has 0 saturated heterocycles. The molecular weight excluding hydrogens is 500 g/mol. The number of aryl methyl sites for hydroxylation is 2. The van der Waals surface area contributed by atoms with Gasteiger partial charge in [-0.15, -0.1) is 0 Å². The van der Waals surface area contributed by atoms with E-state index in [1.807, 2.05) is 67.6 Å². The van der Waals surface area contributed by atoms with E-state index in [9.17, 15) is 4.79 Å². The zero-order valence-electron chi connectivity index (χ0n) is 22.5. The highest BCUT2D eigenvalue weighted by molar-refractivity contribution is 5.92. The normalized spacial score (nSPS) is 11.5. The first kappa shape index (κ1) is 26.8. The van der Waals surface area contributed by atoms with Gasteiger partial charge in [0.2, 0.25) is 0 Å². The van der Waals surface area contributed by atoms with Gasteiger partial charge in [-0.3, -0.25) is 4.79 Å². The molecule has 0 spiro atoms. The van der Waals surface area contributed by atoms with Gasteiger partial charge in [-0.1, -0.05) is 96.2 Å². The summed E-state index contributed by atoms with van der Waals surface area (Å²) in [7, 11) is 0. The van der Waals surface area contributed by atoms with E-state index in [1.54, 1.807) is 6.07 Å². The second kappa shape index (κ2) is 13.3. The molecule has 1 aromatic heterocycles. The number of nitrogens with one attached hydrogen (secondary N) is 1. The van der Waals surface area contributed by atoms with E-state index in [0.717, 1.165) is 46.6 Å². The number of carbonyl (C=O) groups is 1. The van der Waals surface area contributed by atoms with Gasteiger partial charge < -0.3 is 19.3 Å². The molecule has 0 aliphatic carbocycles. The Morgan fingerprint density at radius 3 is 2.17 bits per heavy atom. The van der Waals surface area contributed by atoms with Gasteiger partial charge in [-0.05, 0) is 53.6 Å². The fourth-order valence-electron chi connectivity index (χ4n) is 4.42. The third-order valence-corrected chi connectivity index (χ3v) is 6.68. The van der Waals surface area contributed by atoms with Crippen LogP contribution in [0.5, 0.6) is 11.5 Å². The van der Waals surface area contributed by atoms with E-state index in [-0.39, 0.29) is 17.6 Å². The smallest absolute Gasteiger partial charge is 0.273 e. The molecule has 1 N–H and O–H groups in total. The van der Waals surface area contributed by atoms with E-state index in [4.69, 9.17) is 14.0 Å². The highest BCUT2D eigenvalue weighted by Gasteiger charge is 2.14. The second-order valence-electron chi connectivity index (χ2n) is 9.64. The molecule has 40 heavy (non-hydrogen) atoms. The van der Waals surface area contributed by atoms with Crippen molar-refractivity contribution in [1.29, 1.82) is 0 Å². The number of hydrogen-bond acceptors (Lipinski definition) is 5. The highest BCUT2D eigenvalue weighted by Crippen LogP contribution is 2.28. The number of ether oxygens (including phenoxy) is 2. The van der Waals surface area contributed by atoms with Crippen LogP contribution >= 0.6 is 0 Å². The summed E-state index contributed by atoms with van der Waals surface area (Å²) in [6.07, 6.45) is 3.01. The van der Waals surface area contributed by atoms with E-state index < -0.39 is 0 Å². The minimum atomic E-state index is -0.263. The number of carbonyl (C=O) groups excluding carboxylic acids is 1. The quantitative estimate of drug-likeness (QED) is 0.185. The zero-order valence-corrected chi connectivity index (χ0v) is 22.5. The molecule has 1 amide bonds. The van der Waals surface area contributed by atoms with Crippen LogP contribution in [0.4, 0.5) is 0 Å². The van der Waals surface area contributed by atoms with Crippen molar-refractivity contribution in [1.82, 2.24) is 10.5 Å². The average molecular weight is 533 g/mol. The van der Waals surface area contributed by atoms with Crippen molar-refractivity contribution in [2.75, 3.05) is 0 Å². The molecule has 0 aliphatic heterocycles. The topological polar surface area (TPSA) is 73.6 Å². The average Bonchev–Trinajstić information content (AvgIpc) is 3.55. The van der Waals surface area contributed by atoms with Crippen LogP contribution in [0.1, 0.15) is 51.3 Å². The third kappa shape index (κ3) is 7.38. The molecule has 202 valence electrons. The molecule has 0 bridgehead atoms. The van der Waals surface area contributed by atoms with Crippen LogP contribution in [-0.4, -0.2) is 11.1 Å². The van der Waals surface area contributed by atoms with E-state index in [1.165, 1.54) is 11.8 Å². The number of aromatic nitrogens is 1. The molecule has 0 saturated carbocycles. The maximum absolute atomic E-state index is 12.4. The van der Waals surface area contributed by atoms with Crippen molar-refractivity contribution >= 4 is 5.91 Å². The van der Waals surface area contributed by atoms with E-state index >= 15 is 0 Å². The van der Waals surface area contributed by atoms with Gasteiger partial charge in [0.05, 0.1) is 6.04 Å². The Morgan fingerprint density at radius 1 is 0.775 bits per heavy atom. The Morgan fingerprint density at radius 2 is 1.48 bits per heavy atom. The lowest BCUT2D eigenvalue weighted by Gasteiger charge is -2.16. The maximum Gasteiger partial charge on any atom is 0.273 e. The summed E-state index contributed by atoms with van der Waals surface area (Å²) >= 11 is 0. The van der Waals surface area contributed by atoms with Crippen molar-refractivity contribution in [3.05, 3.63) is 149 Å². The van der Waals surface area contributed by atoms with Gasteiger partial charge in [-0.25, -0.2) is 0 Å². The van der Waals surface area contributed by atoms with Crippen molar-refractivity contribution in [2.45, 2.75) is 39.0 Å². The first-order chi connectivity index (χ1) is 19.6. The van der Waals surface area contributed by atoms with Crippen LogP contribution < -0.4 is 14.8 Å². The van der Waals surface area contributed by atoms with Gasteiger partial charge in [0.15, 0.2) is 5.69 Å². The Balaban J connectivity index is 1.27. The van der Waals surface area contributed by atoms with Crippen LogP contribution in [0.2, 0.25) is 0 Å². The summed E-state index contributed by atoms with van der Waals surface area (Å²) in [5.41, 5.74) is 5.81. The zero-order chi connectivity index (χ0) is 27.6. The lowest BCUT2D eigenvalue weighted by molar-refractivity contribution is 0.0930. The van der Waals surface area contributed by atoms with Gasteiger partial charge in [0, 0.05) is 12.1 Å². The Labute approximate surface area is 234 Å². The summed E-state index contributed by atoms with van der Waals surface area (Å²) in [6, 6.07) is 36.0. The van der Waals surface area contributed by atoms with Crippen molar-refractivity contribution in [3.63, 3.8) is 0 Å². The largest absolute Gasteiger partial charge is 0.489 e. The molecule has 6 heteroatoms. The van der Waals surface area contributed by atoms with Crippen molar-refractivity contribution in [3.8, 4) is 11.5 Å². The lowest BCUT2D eigenvalue weighted by Crippen LogP contribution is -2.26. The first-order valence-corrected chi connectivity index (χ1v) is 13.4. The fourth-order valence-corrected chi connectivity index (χ4v) is 4.42. The molecule has 5 aromatic rings. The van der Waals surface area contributed by atoms with E-state index in [0.29, 0.717) is 13.2 Å². The van der Waals surface area contributed by atoms with Gasteiger partial charge in [0.1, 0.15) is 31.0 Å². The van der Waals surface area contributed by atoms with E-state index in [2.05, 4.69) is 52.9 Å². The standard InChI is InChI=1S/C34H32N2O4/c1-25(35-34(37)32-19-20-40-36-32)30-14-8-13-26(21-30)15-16-29-17-18-31(38-23-27-9-4-2-5-10-27)22-33(29)39-24-28-11-6-3-7-12-28/h2-14,17-22,25H,15-16,23-24H2,1H3,(H,35,37). The molecule has 1 atom stereocenters. The number of rotatable bonds is 12. The summed E-state index contributed by atoms with van der Waals surface area (Å²) in [4.78, 5) is 12.4.